The molecule has 1 aliphatic carbocycles. The van der Waals surface area contributed by atoms with Crippen LogP contribution >= 0.6 is 15.9 Å². The summed E-state index contributed by atoms with van der Waals surface area (Å²) in [6.07, 6.45) is 3.94. The summed E-state index contributed by atoms with van der Waals surface area (Å²) in [6, 6.07) is 6.89. The van der Waals surface area contributed by atoms with E-state index in [4.69, 9.17) is 9.47 Å². The number of ether oxygens (including phenoxy) is 2. The van der Waals surface area contributed by atoms with Crippen LogP contribution < -0.4 is 10.1 Å². The van der Waals surface area contributed by atoms with Gasteiger partial charge in [0.05, 0.1) is 13.2 Å². The first kappa shape index (κ1) is 13.4. The first-order valence-electron chi connectivity index (χ1n) is 6.96. The van der Waals surface area contributed by atoms with E-state index in [-0.39, 0.29) is 6.10 Å². The SMILES string of the molecule is COc1ccc(Br)cc1C1OCCC1CNC1CC1. The van der Waals surface area contributed by atoms with E-state index < -0.39 is 0 Å². The Morgan fingerprint density at radius 1 is 1.37 bits per heavy atom. The van der Waals surface area contributed by atoms with Gasteiger partial charge in [0.15, 0.2) is 0 Å². The van der Waals surface area contributed by atoms with Crippen molar-refractivity contribution >= 4 is 15.9 Å². The van der Waals surface area contributed by atoms with Gasteiger partial charge in [-0.05, 0) is 37.5 Å². The van der Waals surface area contributed by atoms with Gasteiger partial charge < -0.3 is 14.8 Å². The van der Waals surface area contributed by atoms with Crippen LogP contribution in [0.3, 0.4) is 0 Å². The molecule has 1 aromatic rings. The van der Waals surface area contributed by atoms with Crippen molar-refractivity contribution in [3.63, 3.8) is 0 Å². The van der Waals surface area contributed by atoms with Crippen molar-refractivity contribution in [2.45, 2.75) is 31.4 Å². The molecular weight excluding hydrogens is 306 g/mol. The second kappa shape index (κ2) is 5.81. The first-order valence-corrected chi connectivity index (χ1v) is 7.75. The Bertz CT molecular complexity index is 448. The molecule has 4 heteroatoms. The van der Waals surface area contributed by atoms with Crippen molar-refractivity contribution in [2.24, 2.45) is 5.92 Å². The summed E-state index contributed by atoms with van der Waals surface area (Å²) in [7, 11) is 1.72. The van der Waals surface area contributed by atoms with E-state index in [1.807, 2.05) is 12.1 Å². The van der Waals surface area contributed by atoms with Crippen molar-refractivity contribution in [1.82, 2.24) is 5.32 Å². The van der Waals surface area contributed by atoms with Crippen LogP contribution in [0.2, 0.25) is 0 Å². The molecule has 3 nitrogen and oxygen atoms in total. The number of hydrogen-bond donors (Lipinski definition) is 1. The number of hydrogen-bond acceptors (Lipinski definition) is 3. The van der Waals surface area contributed by atoms with E-state index >= 15 is 0 Å². The third-order valence-corrected chi connectivity index (χ3v) is 4.45. The average Bonchev–Trinajstić information content (AvgIpc) is 3.13. The molecule has 1 saturated carbocycles. The summed E-state index contributed by atoms with van der Waals surface area (Å²) < 4.78 is 12.5. The molecule has 0 bridgehead atoms. The van der Waals surface area contributed by atoms with Gasteiger partial charge in [-0.15, -0.1) is 0 Å². The lowest BCUT2D eigenvalue weighted by molar-refractivity contribution is 0.0881. The third kappa shape index (κ3) is 3.12. The third-order valence-electron chi connectivity index (χ3n) is 3.96. The van der Waals surface area contributed by atoms with E-state index in [0.29, 0.717) is 5.92 Å². The molecule has 2 aliphatic rings. The van der Waals surface area contributed by atoms with E-state index in [9.17, 15) is 0 Å². The number of benzene rings is 1. The largest absolute Gasteiger partial charge is 0.496 e. The number of nitrogens with one attached hydrogen (secondary N) is 1. The zero-order chi connectivity index (χ0) is 13.2. The summed E-state index contributed by atoms with van der Waals surface area (Å²) in [6.45, 7) is 1.89. The maximum Gasteiger partial charge on any atom is 0.124 e. The molecule has 104 valence electrons. The summed E-state index contributed by atoms with van der Waals surface area (Å²) in [5, 5.41) is 3.62. The summed E-state index contributed by atoms with van der Waals surface area (Å²) in [4.78, 5) is 0. The zero-order valence-electron chi connectivity index (χ0n) is 11.2. The van der Waals surface area contributed by atoms with E-state index in [1.54, 1.807) is 7.11 Å². The minimum absolute atomic E-state index is 0.152. The normalized spacial score (nSPS) is 26.6. The molecular formula is C15H20BrNO2. The van der Waals surface area contributed by atoms with Crippen molar-refractivity contribution in [2.75, 3.05) is 20.3 Å². The maximum atomic E-state index is 5.96. The Hall–Kier alpha value is -0.580. The van der Waals surface area contributed by atoms with Gasteiger partial charge in [0, 0.05) is 35.1 Å². The zero-order valence-corrected chi connectivity index (χ0v) is 12.8. The predicted molar refractivity (Wildman–Crippen MR) is 78.5 cm³/mol. The van der Waals surface area contributed by atoms with Crippen LogP contribution in [0, 0.1) is 5.92 Å². The van der Waals surface area contributed by atoms with Gasteiger partial charge in [-0.2, -0.15) is 0 Å². The minimum Gasteiger partial charge on any atom is -0.496 e. The molecule has 1 aliphatic heterocycles. The molecule has 0 amide bonds. The van der Waals surface area contributed by atoms with Gasteiger partial charge in [0.1, 0.15) is 5.75 Å². The van der Waals surface area contributed by atoms with Crippen LogP contribution in [-0.2, 0) is 4.74 Å². The van der Waals surface area contributed by atoms with Crippen LogP contribution in [0.15, 0.2) is 22.7 Å². The van der Waals surface area contributed by atoms with Crippen LogP contribution in [0.25, 0.3) is 0 Å². The van der Waals surface area contributed by atoms with E-state index in [1.165, 1.54) is 12.8 Å². The van der Waals surface area contributed by atoms with E-state index in [2.05, 4.69) is 27.3 Å². The average molecular weight is 326 g/mol. The molecule has 0 radical (unpaired) electrons. The Morgan fingerprint density at radius 2 is 2.21 bits per heavy atom. The monoisotopic (exact) mass is 325 g/mol. The lowest BCUT2D eigenvalue weighted by atomic mass is 9.94. The highest BCUT2D eigenvalue weighted by molar-refractivity contribution is 9.10. The molecule has 2 fully saturated rings. The van der Waals surface area contributed by atoms with Gasteiger partial charge in [-0.1, -0.05) is 15.9 Å². The predicted octanol–water partition coefficient (Wildman–Crippen LogP) is 3.29. The summed E-state index contributed by atoms with van der Waals surface area (Å²) in [5.74, 6) is 1.47. The highest BCUT2D eigenvalue weighted by Crippen LogP contribution is 2.40. The minimum atomic E-state index is 0.152. The molecule has 1 heterocycles. The van der Waals surface area contributed by atoms with Crippen molar-refractivity contribution in [1.29, 1.82) is 0 Å². The molecule has 2 atom stereocenters. The van der Waals surface area contributed by atoms with Crippen LogP contribution in [0.5, 0.6) is 5.75 Å². The highest BCUT2D eigenvalue weighted by Gasteiger charge is 2.33. The van der Waals surface area contributed by atoms with Gasteiger partial charge in [-0.25, -0.2) is 0 Å². The molecule has 1 saturated heterocycles. The topological polar surface area (TPSA) is 30.5 Å². The fraction of sp³-hybridized carbons (Fsp3) is 0.600. The molecule has 1 N–H and O–H groups in total. The second-order valence-electron chi connectivity index (χ2n) is 5.41. The Balaban J connectivity index is 1.76. The molecule has 2 unspecified atom stereocenters. The lowest BCUT2D eigenvalue weighted by Crippen LogP contribution is -2.26. The fourth-order valence-corrected chi connectivity index (χ4v) is 3.10. The van der Waals surface area contributed by atoms with Crippen LogP contribution in [-0.4, -0.2) is 26.3 Å². The first-order chi connectivity index (χ1) is 9.28. The van der Waals surface area contributed by atoms with Crippen molar-refractivity contribution in [3.8, 4) is 5.75 Å². The standard InChI is InChI=1S/C15H20BrNO2/c1-18-14-5-2-11(16)8-13(14)15-10(6-7-19-15)9-17-12-3-4-12/h2,5,8,10,12,15,17H,3-4,6-7,9H2,1H3. The number of halogens is 1. The van der Waals surface area contributed by atoms with Gasteiger partial charge in [0.2, 0.25) is 0 Å². The van der Waals surface area contributed by atoms with Crippen LogP contribution in [0.4, 0.5) is 0 Å². The Morgan fingerprint density at radius 3 is 2.95 bits per heavy atom. The summed E-state index contributed by atoms with van der Waals surface area (Å²) in [5.41, 5.74) is 1.16. The smallest absolute Gasteiger partial charge is 0.124 e. The second-order valence-corrected chi connectivity index (χ2v) is 6.32. The molecule has 19 heavy (non-hydrogen) atoms. The van der Waals surface area contributed by atoms with Gasteiger partial charge >= 0.3 is 0 Å². The molecule has 1 aromatic carbocycles. The summed E-state index contributed by atoms with van der Waals surface area (Å²) >= 11 is 3.54. The van der Waals surface area contributed by atoms with Crippen molar-refractivity contribution < 1.29 is 9.47 Å². The van der Waals surface area contributed by atoms with Crippen LogP contribution in [0.1, 0.15) is 30.9 Å². The maximum absolute atomic E-state index is 5.96. The molecule has 3 rings (SSSR count). The number of methoxy groups -OCH3 is 1. The van der Waals surface area contributed by atoms with Crippen molar-refractivity contribution in [3.05, 3.63) is 28.2 Å². The Labute approximate surface area is 122 Å². The van der Waals surface area contributed by atoms with Gasteiger partial charge in [-0.3, -0.25) is 0 Å². The highest BCUT2D eigenvalue weighted by atomic mass is 79.9. The van der Waals surface area contributed by atoms with E-state index in [0.717, 1.165) is 41.4 Å². The fourth-order valence-electron chi connectivity index (χ4n) is 2.72. The molecule has 0 spiro atoms. The molecule has 0 aromatic heterocycles. The Kier molecular flexibility index (Phi) is 4.10. The quantitative estimate of drug-likeness (QED) is 0.901. The lowest BCUT2D eigenvalue weighted by Gasteiger charge is -2.21. The number of rotatable bonds is 5. The van der Waals surface area contributed by atoms with Gasteiger partial charge in [0.25, 0.3) is 0 Å².